The highest BCUT2D eigenvalue weighted by molar-refractivity contribution is 8.68. The van der Waals surface area contributed by atoms with Crippen molar-refractivity contribution in [2.45, 2.75) is 18.7 Å². The largest absolute Gasteiger partial charge is 0.0865 e. The Labute approximate surface area is 102 Å². The van der Waals surface area contributed by atoms with Gasteiger partial charge in [-0.05, 0) is 55.8 Å². The summed E-state index contributed by atoms with van der Waals surface area (Å²) in [6.07, 6.45) is 5.87. The van der Waals surface area contributed by atoms with Crippen LogP contribution in [0.4, 0.5) is 0 Å². The third-order valence-electron chi connectivity index (χ3n) is 1.95. The van der Waals surface area contributed by atoms with Gasteiger partial charge in [-0.2, -0.15) is 0 Å². The van der Waals surface area contributed by atoms with Gasteiger partial charge in [-0.1, -0.05) is 36.4 Å². The molecule has 0 spiro atoms. The van der Waals surface area contributed by atoms with Crippen LogP contribution in [0.15, 0.2) is 58.4 Å². The Morgan fingerprint density at radius 1 is 1.13 bits per heavy atom. The first-order chi connectivity index (χ1) is 7.12. The summed E-state index contributed by atoms with van der Waals surface area (Å²) in [5.41, 5.74) is 0. The lowest BCUT2D eigenvalue weighted by Gasteiger charge is -2.26. The van der Waals surface area contributed by atoms with Crippen LogP contribution in [0.1, 0.15) is 13.8 Å². The molecule has 0 atom stereocenters. The van der Waals surface area contributed by atoms with Crippen molar-refractivity contribution in [3.05, 3.63) is 53.5 Å². The highest BCUT2D eigenvalue weighted by atomic mass is 36.0. The van der Waals surface area contributed by atoms with Crippen molar-refractivity contribution in [1.29, 1.82) is 0 Å². The molecule has 0 radical (unpaired) electrons. The number of hydrogen-bond donors (Lipinski definition) is 0. The molecule has 0 heterocycles. The topological polar surface area (TPSA) is 0 Å². The van der Waals surface area contributed by atoms with E-state index in [-0.39, 0.29) is 0 Å². The van der Waals surface area contributed by atoms with Gasteiger partial charge in [0, 0.05) is 9.80 Å². The zero-order valence-electron chi connectivity index (χ0n) is 8.78. The fraction of sp³-hybridized carbons (Fsp3) is 0.167. The second-order valence-electron chi connectivity index (χ2n) is 2.97. The summed E-state index contributed by atoms with van der Waals surface area (Å²) in [5, 5.41) is 0. The molecule has 1 aromatic carbocycles. The molecule has 3 heteroatoms. The lowest BCUT2D eigenvalue weighted by atomic mass is 10.4. The highest BCUT2D eigenvalue weighted by Gasteiger charge is 2.23. The van der Waals surface area contributed by atoms with Crippen molar-refractivity contribution in [2.75, 3.05) is 0 Å². The van der Waals surface area contributed by atoms with E-state index in [1.807, 2.05) is 62.4 Å². The van der Waals surface area contributed by atoms with Crippen molar-refractivity contribution < 1.29 is 0 Å². The minimum absolute atomic E-state index is 0.972. The minimum atomic E-state index is -1.89. The molecule has 0 aliphatic heterocycles. The van der Waals surface area contributed by atoms with Gasteiger partial charge in [-0.25, -0.2) is 0 Å². The first-order valence-corrected chi connectivity index (χ1v) is 7.98. The Hall–Kier alpha value is -0.370. The SMILES string of the molecule is C/C=C\C(=C/C)S(Cl)(Cl)c1ccccc1. The van der Waals surface area contributed by atoms with Gasteiger partial charge < -0.3 is 0 Å². The molecule has 0 nitrogen and oxygen atoms in total. The average Bonchev–Trinajstić information content (AvgIpc) is 2.27. The van der Waals surface area contributed by atoms with Crippen LogP contribution in [0, 0.1) is 0 Å². The van der Waals surface area contributed by atoms with E-state index >= 15 is 0 Å². The van der Waals surface area contributed by atoms with Crippen LogP contribution in [-0.4, -0.2) is 0 Å². The van der Waals surface area contributed by atoms with Crippen LogP contribution in [-0.2, 0) is 0 Å². The van der Waals surface area contributed by atoms with Crippen LogP contribution in [0.25, 0.3) is 0 Å². The molecule has 0 saturated carbocycles. The summed E-state index contributed by atoms with van der Waals surface area (Å²) in [5.74, 6) is 0. The molecule has 1 aromatic rings. The standard InChI is InChI=1S/C12H14Cl2S/c1-3-8-11(4-2)15(13,14)12-9-6-5-7-10-12/h3-10H,1-2H3/b8-3-,11-4+. The van der Waals surface area contributed by atoms with Crippen LogP contribution in [0.3, 0.4) is 0 Å². The van der Waals surface area contributed by atoms with Gasteiger partial charge in [0.2, 0.25) is 0 Å². The Balaban J connectivity index is 3.12. The normalized spacial score (nSPS) is 14.5. The molecule has 1 rings (SSSR count). The average molecular weight is 261 g/mol. The van der Waals surface area contributed by atoms with Crippen LogP contribution < -0.4 is 0 Å². The Bertz CT molecular complexity index is 366. The third-order valence-corrected chi connectivity index (χ3v) is 5.92. The number of hydrogen-bond acceptors (Lipinski definition) is 0. The summed E-state index contributed by atoms with van der Waals surface area (Å²) in [6.45, 7) is 3.91. The second kappa shape index (κ2) is 5.64. The number of benzene rings is 1. The predicted molar refractivity (Wildman–Crippen MR) is 72.6 cm³/mol. The van der Waals surface area contributed by atoms with Crippen LogP contribution in [0.5, 0.6) is 0 Å². The van der Waals surface area contributed by atoms with Crippen molar-refractivity contribution in [2.24, 2.45) is 0 Å². The van der Waals surface area contributed by atoms with Crippen LogP contribution in [0.2, 0.25) is 0 Å². The molecule has 82 valence electrons. The molecule has 0 bridgehead atoms. The predicted octanol–water partition coefficient (Wildman–Crippen LogP) is 5.64. The van der Waals surface area contributed by atoms with Gasteiger partial charge in [0.15, 0.2) is 0 Å². The van der Waals surface area contributed by atoms with Gasteiger partial charge in [-0.3, -0.25) is 0 Å². The Morgan fingerprint density at radius 2 is 1.73 bits per heavy atom. The first kappa shape index (κ1) is 12.7. The second-order valence-corrected chi connectivity index (χ2v) is 8.11. The molecule has 0 amide bonds. The molecule has 0 N–H and O–H groups in total. The maximum absolute atomic E-state index is 6.44. The van der Waals surface area contributed by atoms with E-state index in [2.05, 4.69) is 0 Å². The molecule has 0 aliphatic carbocycles. The third kappa shape index (κ3) is 3.04. The molecule has 0 fully saturated rings. The molecule has 0 aliphatic rings. The molecule has 0 unspecified atom stereocenters. The number of rotatable bonds is 3. The lowest BCUT2D eigenvalue weighted by Crippen LogP contribution is -1.87. The van der Waals surface area contributed by atoms with Crippen molar-refractivity contribution in [1.82, 2.24) is 0 Å². The highest BCUT2D eigenvalue weighted by Crippen LogP contribution is 2.70. The van der Waals surface area contributed by atoms with Crippen molar-refractivity contribution >= 4 is 29.8 Å². The smallest absolute Gasteiger partial charge is 0.0212 e. The Kier molecular flexibility index (Phi) is 4.78. The van der Waals surface area contributed by atoms with E-state index in [1.165, 1.54) is 0 Å². The summed E-state index contributed by atoms with van der Waals surface area (Å²) in [6, 6.07) is 9.78. The van der Waals surface area contributed by atoms with E-state index in [4.69, 9.17) is 21.4 Å². The van der Waals surface area contributed by atoms with E-state index in [9.17, 15) is 0 Å². The van der Waals surface area contributed by atoms with Crippen molar-refractivity contribution in [3.63, 3.8) is 0 Å². The summed E-state index contributed by atoms with van der Waals surface area (Å²) >= 11 is 0. The first-order valence-electron chi connectivity index (χ1n) is 4.69. The fourth-order valence-electron chi connectivity index (χ4n) is 1.22. The summed E-state index contributed by atoms with van der Waals surface area (Å²) in [4.78, 5) is 1.94. The molecule has 15 heavy (non-hydrogen) atoms. The summed E-state index contributed by atoms with van der Waals surface area (Å²) < 4.78 is 0. The zero-order valence-corrected chi connectivity index (χ0v) is 11.1. The van der Waals surface area contributed by atoms with Gasteiger partial charge in [0.05, 0.1) is 0 Å². The lowest BCUT2D eigenvalue weighted by molar-refractivity contribution is 1.46. The van der Waals surface area contributed by atoms with Crippen molar-refractivity contribution in [3.8, 4) is 0 Å². The zero-order chi connectivity index (χ0) is 11.3. The fourth-order valence-corrected chi connectivity index (χ4v) is 4.06. The molecular formula is C12H14Cl2S. The van der Waals surface area contributed by atoms with E-state index < -0.39 is 8.46 Å². The molecule has 0 aromatic heterocycles. The van der Waals surface area contributed by atoms with E-state index in [1.54, 1.807) is 0 Å². The number of halogens is 2. The van der Waals surface area contributed by atoms with Gasteiger partial charge in [0.1, 0.15) is 0 Å². The molecule has 0 saturated heterocycles. The maximum Gasteiger partial charge on any atom is 0.0212 e. The Morgan fingerprint density at radius 3 is 2.20 bits per heavy atom. The number of allylic oxidation sites excluding steroid dienone is 3. The maximum atomic E-state index is 6.44. The van der Waals surface area contributed by atoms with Gasteiger partial charge in [0.25, 0.3) is 0 Å². The van der Waals surface area contributed by atoms with Gasteiger partial charge >= 0.3 is 0 Å². The van der Waals surface area contributed by atoms with Gasteiger partial charge in [-0.15, -0.1) is 0 Å². The molecular weight excluding hydrogens is 247 g/mol. The quantitative estimate of drug-likeness (QED) is 0.618. The minimum Gasteiger partial charge on any atom is -0.0865 e. The van der Waals surface area contributed by atoms with Crippen LogP contribution >= 0.6 is 29.8 Å². The monoisotopic (exact) mass is 260 g/mol. The van der Waals surface area contributed by atoms with E-state index in [0.29, 0.717) is 0 Å². The van der Waals surface area contributed by atoms with E-state index in [0.717, 1.165) is 9.80 Å². The summed E-state index contributed by atoms with van der Waals surface area (Å²) in [7, 11) is 11.0.